The normalized spacial score (nSPS) is 19.9. The number of carbonyl (C=O) groups excluding carboxylic acids is 2. The number of aliphatic hydroxyl groups excluding tert-OH is 2. The number of aliphatic hydroxyl groups is 2. The van der Waals surface area contributed by atoms with Gasteiger partial charge in [-0.15, -0.1) is 0 Å². The van der Waals surface area contributed by atoms with Gasteiger partial charge in [-0.3, -0.25) is 9.59 Å². The van der Waals surface area contributed by atoms with Crippen molar-refractivity contribution in [1.29, 1.82) is 5.41 Å². The van der Waals surface area contributed by atoms with E-state index < -0.39 is 24.0 Å². The van der Waals surface area contributed by atoms with Crippen molar-refractivity contribution in [3.05, 3.63) is 24.3 Å². The van der Waals surface area contributed by atoms with Crippen LogP contribution in [0.1, 0.15) is 19.3 Å². The molecule has 2 saturated heterocycles. The van der Waals surface area contributed by atoms with Crippen LogP contribution in [-0.2, 0) is 9.59 Å². The summed E-state index contributed by atoms with van der Waals surface area (Å²) >= 11 is 0. The van der Waals surface area contributed by atoms with E-state index in [2.05, 4.69) is 10.2 Å². The average Bonchev–Trinajstić information content (AvgIpc) is 3.17. The van der Waals surface area contributed by atoms with Gasteiger partial charge in [-0.1, -0.05) is 12.1 Å². The van der Waals surface area contributed by atoms with Gasteiger partial charge in [0.05, 0.1) is 17.9 Å². The van der Waals surface area contributed by atoms with E-state index in [1.165, 1.54) is 4.90 Å². The van der Waals surface area contributed by atoms with Crippen molar-refractivity contribution in [2.45, 2.75) is 31.5 Å². The molecule has 0 radical (unpaired) electrons. The van der Waals surface area contributed by atoms with Gasteiger partial charge >= 0.3 is 0 Å². The van der Waals surface area contributed by atoms with Gasteiger partial charge in [0.1, 0.15) is 0 Å². The fourth-order valence-electron chi connectivity index (χ4n) is 3.82. The van der Waals surface area contributed by atoms with Gasteiger partial charge in [0.25, 0.3) is 11.8 Å². The van der Waals surface area contributed by atoms with Gasteiger partial charge in [-0.05, 0) is 30.9 Å². The molecular weight excluding hydrogens is 374 g/mol. The first-order valence-electron chi connectivity index (χ1n) is 9.95. The van der Waals surface area contributed by atoms with Crippen molar-refractivity contribution in [1.82, 2.24) is 10.2 Å². The highest BCUT2D eigenvalue weighted by Crippen LogP contribution is 2.27. The first-order valence-corrected chi connectivity index (χ1v) is 9.95. The minimum Gasteiger partial charge on any atom is -0.397 e. The Morgan fingerprint density at radius 3 is 2.48 bits per heavy atom. The van der Waals surface area contributed by atoms with Crippen LogP contribution in [0.2, 0.25) is 0 Å². The number of nitrogen functional groups attached to an aromatic ring is 1. The molecule has 2 amide bonds. The van der Waals surface area contributed by atoms with E-state index in [-0.39, 0.29) is 12.5 Å². The first-order chi connectivity index (χ1) is 13.9. The number of piperidine rings is 1. The third-order valence-electron chi connectivity index (χ3n) is 5.65. The second kappa shape index (κ2) is 9.23. The molecule has 6 N–H and O–H groups in total. The average molecular weight is 403 g/mol. The number of hydrogen-bond donors (Lipinski definition) is 5. The molecule has 0 bridgehead atoms. The zero-order valence-electron chi connectivity index (χ0n) is 16.4. The second-order valence-electron chi connectivity index (χ2n) is 7.74. The van der Waals surface area contributed by atoms with Crippen LogP contribution in [0.25, 0.3) is 0 Å². The van der Waals surface area contributed by atoms with E-state index in [1.54, 1.807) is 0 Å². The van der Waals surface area contributed by atoms with Crippen LogP contribution in [0, 0.1) is 11.3 Å². The SMILES string of the molecule is N=C1CCN(C(=O)[C@H](O)[C@@H](O)C(=O)NCC2CCN(c3ccccc3N)CC2)C1. The Balaban J connectivity index is 1.43. The topological polar surface area (TPSA) is 143 Å². The molecule has 1 aromatic rings. The number of rotatable bonds is 6. The van der Waals surface area contributed by atoms with E-state index >= 15 is 0 Å². The van der Waals surface area contributed by atoms with E-state index in [4.69, 9.17) is 11.1 Å². The van der Waals surface area contributed by atoms with E-state index in [1.807, 2.05) is 24.3 Å². The van der Waals surface area contributed by atoms with Gasteiger partial charge < -0.3 is 36.5 Å². The number of nitrogens with zero attached hydrogens (tertiary/aromatic N) is 2. The molecule has 0 aromatic heterocycles. The van der Waals surface area contributed by atoms with E-state index in [0.717, 1.165) is 37.3 Å². The van der Waals surface area contributed by atoms with Gasteiger partial charge in [0, 0.05) is 38.3 Å². The quantitative estimate of drug-likeness (QED) is 0.408. The number of carbonyl (C=O) groups is 2. The predicted octanol–water partition coefficient (Wildman–Crippen LogP) is -0.425. The number of amides is 2. The maximum Gasteiger partial charge on any atom is 0.255 e. The minimum absolute atomic E-state index is 0.134. The molecule has 2 heterocycles. The smallest absolute Gasteiger partial charge is 0.255 e. The largest absolute Gasteiger partial charge is 0.397 e. The maximum absolute atomic E-state index is 12.2. The fourth-order valence-corrected chi connectivity index (χ4v) is 3.82. The van der Waals surface area contributed by atoms with Crippen molar-refractivity contribution in [3.63, 3.8) is 0 Å². The summed E-state index contributed by atoms with van der Waals surface area (Å²) in [6, 6.07) is 7.73. The van der Waals surface area contributed by atoms with Gasteiger partial charge in [0.15, 0.2) is 12.2 Å². The molecule has 9 nitrogen and oxygen atoms in total. The molecule has 3 rings (SSSR count). The Morgan fingerprint density at radius 1 is 1.17 bits per heavy atom. The van der Waals surface area contributed by atoms with Crippen molar-refractivity contribution in [3.8, 4) is 0 Å². The number of nitrogens with two attached hydrogens (primary N) is 1. The summed E-state index contributed by atoms with van der Waals surface area (Å²) in [6.45, 7) is 2.48. The van der Waals surface area contributed by atoms with Crippen molar-refractivity contribution < 1.29 is 19.8 Å². The number of nitrogens with one attached hydrogen (secondary N) is 2. The van der Waals surface area contributed by atoms with Crippen molar-refractivity contribution >= 4 is 28.9 Å². The monoisotopic (exact) mass is 403 g/mol. The highest BCUT2D eigenvalue weighted by atomic mass is 16.3. The van der Waals surface area contributed by atoms with Gasteiger partial charge in [0.2, 0.25) is 0 Å². The first kappa shape index (κ1) is 21.1. The molecule has 2 fully saturated rings. The van der Waals surface area contributed by atoms with Crippen LogP contribution in [-0.4, -0.2) is 77.6 Å². The number of para-hydroxylation sites is 2. The van der Waals surface area contributed by atoms with E-state index in [0.29, 0.717) is 25.2 Å². The van der Waals surface area contributed by atoms with Crippen molar-refractivity contribution in [2.24, 2.45) is 5.92 Å². The van der Waals surface area contributed by atoms with E-state index in [9.17, 15) is 19.8 Å². The molecule has 0 spiro atoms. The fraction of sp³-hybridized carbons (Fsp3) is 0.550. The van der Waals surface area contributed by atoms with Crippen LogP contribution >= 0.6 is 0 Å². The van der Waals surface area contributed by atoms with Crippen molar-refractivity contribution in [2.75, 3.05) is 43.4 Å². The van der Waals surface area contributed by atoms with Crippen LogP contribution in [0.3, 0.4) is 0 Å². The molecule has 2 aliphatic rings. The molecule has 9 heteroatoms. The molecule has 0 saturated carbocycles. The summed E-state index contributed by atoms with van der Waals surface area (Å²) < 4.78 is 0. The number of hydrogen-bond acceptors (Lipinski definition) is 7. The molecule has 0 aliphatic carbocycles. The van der Waals surface area contributed by atoms with Gasteiger partial charge in [-0.2, -0.15) is 0 Å². The highest BCUT2D eigenvalue weighted by molar-refractivity contribution is 5.95. The summed E-state index contributed by atoms with van der Waals surface area (Å²) in [7, 11) is 0. The highest BCUT2D eigenvalue weighted by Gasteiger charge is 2.35. The number of benzene rings is 1. The molecular formula is C20H29N5O4. The lowest BCUT2D eigenvalue weighted by molar-refractivity contribution is -0.152. The number of likely N-dealkylation sites (tertiary alicyclic amines) is 1. The van der Waals surface area contributed by atoms with Crippen LogP contribution in [0.15, 0.2) is 24.3 Å². The summed E-state index contributed by atoms with van der Waals surface area (Å²) in [6.07, 6.45) is -1.46. The summed E-state index contributed by atoms with van der Waals surface area (Å²) in [5, 5.41) is 30.3. The Kier molecular flexibility index (Phi) is 6.71. The molecule has 29 heavy (non-hydrogen) atoms. The third-order valence-corrected chi connectivity index (χ3v) is 5.65. The number of anilines is 2. The van der Waals surface area contributed by atoms with Gasteiger partial charge in [-0.25, -0.2) is 0 Å². The molecule has 158 valence electrons. The lowest BCUT2D eigenvalue weighted by Gasteiger charge is -2.34. The lowest BCUT2D eigenvalue weighted by Crippen LogP contribution is -2.51. The Morgan fingerprint density at radius 2 is 1.86 bits per heavy atom. The second-order valence-corrected chi connectivity index (χ2v) is 7.74. The standard InChI is InChI=1S/C20H29N5O4/c21-14-7-10-25(12-14)20(29)18(27)17(26)19(28)23-11-13-5-8-24(9-6-13)16-4-2-1-3-15(16)22/h1-4,13,17-18,21,26-27H,5-12,22H2,(H,23,28)/t17-,18-/m1/s1. The van der Waals surface area contributed by atoms with Crippen LogP contribution in [0.4, 0.5) is 11.4 Å². The van der Waals surface area contributed by atoms with Crippen LogP contribution in [0.5, 0.6) is 0 Å². The Hall–Kier alpha value is -2.65. The minimum atomic E-state index is -1.82. The lowest BCUT2D eigenvalue weighted by atomic mass is 9.96. The molecule has 2 aliphatic heterocycles. The molecule has 1 aromatic carbocycles. The zero-order chi connectivity index (χ0) is 21.0. The zero-order valence-corrected chi connectivity index (χ0v) is 16.4. The Bertz CT molecular complexity index is 763. The summed E-state index contributed by atoms with van der Waals surface area (Å²) in [5.74, 6) is -1.22. The van der Waals surface area contributed by atoms with Crippen LogP contribution < -0.4 is 16.0 Å². The maximum atomic E-state index is 12.2. The third kappa shape index (κ3) is 5.04. The predicted molar refractivity (Wildman–Crippen MR) is 110 cm³/mol. The summed E-state index contributed by atoms with van der Waals surface area (Å²) in [5.41, 5.74) is 8.19. The molecule has 0 unspecified atom stereocenters. The molecule has 2 atom stereocenters. The Labute approximate surface area is 170 Å². The summed E-state index contributed by atoms with van der Waals surface area (Å²) in [4.78, 5) is 27.9.